The summed E-state index contributed by atoms with van der Waals surface area (Å²) in [5.74, 6) is 0.182. The van der Waals surface area contributed by atoms with Crippen LogP contribution in [-0.2, 0) is 0 Å². The molecule has 0 radical (unpaired) electrons. The van der Waals surface area contributed by atoms with Crippen LogP contribution in [0.1, 0.15) is 16.8 Å². The van der Waals surface area contributed by atoms with E-state index < -0.39 is 0 Å². The van der Waals surface area contributed by atoms with Crippen LogP contribution in [0.25, 0.3) is 23.1 Å². The Labute approximate surface area is 122 Å². The first kappa shape index (κ1) is 12.9. The molecule has 21 heavy (non-hydrogen) atoms. The molecule has 0 atom stereocenters. The molecule has 3 rings (SSSR count). The van der Waals surface area contributed by atoms with Crippen molar-refractivity contribution in [2.45, 2.75) is 0 Å². The average molecular weight is 272 g/mol. The van der Waals surface area contributed by atoms with Crippen LogP contribution in [0.3, 0.4) is 0 Å². The van der Waals surface area contributed by atoms with Crippen molar-refractivity contribution in [2.75, 3.05) is 0 Å². The lowest BCUT2D eigenvalue weighted by atomic mass is 10.1. The second-order valence-corrected chi connectivity index (χ2v) is 4.65. The van der Waals surface area contributed by atoms with Crippen LogP contribution in [0.4, 0.5) is 0 Å². The van der Waals surface area contributed by atoms with Crippen molar-refractivity contribution >= 4 is 23.1 Å². The van der Waals surface area contributed by atoms with Crippen molar-refractivity contribution in [3.8, 4) is 11.8 Å². The molecule has 1 heterocycles. The molecule has 0 spiro atoms. The van der Waals surface area contributed by atoms with E-state index in [4.69, 9.17) is 5.26 Å². The minimum absolute atomic E-state index is 0.182. The van der Waals surface area contributed by atoms with Crippen LogP contribution in [0.5, 0.6) is 5.75 Å². The Hall–Kier alpha value is -3.12. The van der Waals surface area contributed by atoms with E-state index >= 15 is 0 Å². The topological polar surface area (TPSA) is 56.9 Å². The Kier molecular flexibility index (Phi) is 3.36. The number of rotatable bonds is 2. The molecule has 3 nitrogen and oxygen atoms in total. The molecule has 100 valence electrons. The average Bonchev–Trinajstić information content (AvgIpc) is 2.54. The lowest BCUT2D eigenvalue weighted by Gasteiger charge is -2.01. The fourth-order valence-electron chi connectivity index (χ4n) is 2.09. The minimum Gasteiger partial charge on any atom is -0.506 e. The molecule has 2 aromatic carbocycles. The zero-order chi connectivity index (χ0) is 14.7. The third-order valence-corrected chi connectivity index (χ3v) is 3.21. The molecule has 0 fully saturated rings. The molecular formula is C18H12N2O. The monoisotopic (exact) mass is 272 g/mol. The molecule has 3 aromatic rings. The molecule has 0 aliphatic rings. The zero-order valence-electron chi connectivity index (χ0n) is 11.2. The van der Waals surface area contributed by atoms with Crippen LogP contribution in [0, 0.1) is 11.3 Å². The normalized spacial score (nSPS) is 10.8. The Morgan fingerprint density at radius 2 is 1.76 bits per heavy atom. The number of pyridine rings is 1. The van der Waals surface area contributed by atoms with E-state index in [1.54, 1.807) is 24.3 Å². The molecular weight excluding hydrogens is 260 g/mol. The number of phenols is 1. The van der Waals surface area contributed by atoms with Crippen LogP contribution in [-0.4, -0.2) is 10.1 Å². The number of nitrogens with zero attached hydrogens (tertiary/aromatic N) is 2. The number of aromatic hydroxyl groups is 1. The van der Waals surface area contributed by atoms with Gasteiger partial charge < -0.3 is 5.11 Å². The standard InChI is InChI=1S/C18H12N2O/c19-12-14-6-4-13(5-7-14)8-10-16-11-9-15-2-1-3-17(21)18(15)20-16/h1-11,21H. The Balaban J connectivity index is 1.92. The maximum Gasteiger partial charge on any atom is 0.141 e. The Morgan fingerprint density at radius 1 is 0.952 bits per heavy atom. The second-order valence-electron chi connectivity index (χ2n) is 4.65. The maximum absolute atomic E-state index is 9.82. The third kappa shape index (κ3) is 2.75. The van der Waals surface area contributed by atoms with E-state index in [2.05, 4.69) is 11.1 Å². The van der Waals surface area contributed by atoms with Gasteiger partial charge in [-0.25, -0.2) is 4.98 Å². The molecule has 0 aliphatic carbocycles. The van der Waals surface area contributed by atoms with Crippen LogP contribution < -0.4 is 0 Å². The lowest BCUT2D eigenvalue weighted by molar-refractivity contribution is 0.480. The predicted molar refractivity (Wildman–Crippen MR) is 83.5 cm³/mol. The van der Waals surface area contributed by atoms with Gasteiger partial charge in [-0.1, -0.05) is 36.4 Å². The first-order valence-corrected chi connectivity index (χ1v) is 6.53. The minimum atomic E-state index is 0.182. The molecule has 0 aliphatic heterocycles. The number of para-hydroxylation sites is 1. The summed E-state index contributed by atoms with van der Waals surface area (Å²) < 4.78 is 0. The fourth-order valence-corrected chi connectivity index (χ4v) is 2.09. The summed E-state index contributed by atoms with van der Waals surface area (Å²) in [6.07, 6.45) is 3.81. The van der Waals surface area contributed by atoms with E-state index in [1.165, 1.54) is 0 Å². The summed E-state index contributed by atoms with van der Waals surface area (Å²) >= 11 is 0. The van der Waals surface area contributed by atoms with Gasteiger partial charge in [-0.15, -0.1) is 0 Å². The number of fused-ring (bicyclic) bond motifs is 1. The summed E-state index contributed by atoms with van der Waals surface area (Å²) in [6, 6.07) is 18.6. The van der Waals surface area contributed by atoms with Crippen molar-refractivity contribution in [3.05, 3.63) is 71.4 Å². The molecule has 0 bridgehead atoms. The zero-order valence-corrected chi connectivity index (χ0v) is 11.2. The van der Waals surface area contributed by atoms with Crippen LogP contribution in [0.15, 0.2) is 54.6 Å². The fraction of sp³-hybridized carbons (Fsp3) is 0. The van der Waals surface area contributed by atoms with E-state index in [0.717, 1.165) is 16.6 Å². The summed E-state index contributed by atoms with van der Waals surface area (Å²) in [6.45, 7) is 0. The number of aromatic nitrogens is 1. The predicted octanol–water partition coefficient (Wildman–Crippen LogP) is 3.98. The second kappa shape index (κ2) is 5.48. The van der Waals surface area contributed by atoms with Gasteiger partial charge in [-0.05, 0) is 35.9 Å². The van der Waals surface area contributed by atoms with E-state index in [-0.39, 0.29) is 5.75 Å². The highest BCUT2D eigenvalue weighted by Crippen LogP contribution is 2.22. The third-order valence-electron chi connectivity index (χ3n) is 3.21. The van der Waals surface area contributed by atoms with Crippen LogP contribution in [0.2, 0.25) is 0 Å². The van der Waals surface area contributed by atoms with Gasteiger partial charge in [0.15, 0.2) is 0 Å². The number of hydrogen-bond acceptors (Lipinski definition) is 3. The highest BCUT2D eigenvalue weighted by molar-refractivity contribution is 5.85. The molecule has 0 saturated heterocycles. The maximum atomic E-state index is 9.82. The SMILES string of the molecule is N#Cc1ccc(C=Cc2ccc3cccc(O)c3n2)cc1. The lowest BCUT2D eigenvalue weighted by Crippen LogP contribution is -1.84. The molecule has 0 saturated carbocycles. The quantitative estimate of drug-likeness (QED) is 0.767. The number of nitriles is 1. The van der Waals surface area contributed by atoms with Crippen molar-refractivity contribution < 1.29 is 5.11 Å². The summed E-state index contributed by atoms with van der Waals surface area (Å²) in [5.41, 5.74) is 3.00. The summed E-state index contributed by atoms with van der Waals surface area (Å²) in [4.78, 5) is 4.43. The Bertz CT molecular complexity index is 859. The summed E-state index contributed by atoms with van der Waals surface area (Å²) in [7, 11) is 0. The van der Waals surface area contributed by atoms with Crippen molar-refractivity contribution in [1.29, 1.82) is 5.26 Å². The van der Waals surface area contributed by atoms with Gasteiger partial charge in [0.1, 0.15) is 11.3 Å². The highest BCUT2D eigenvalue weighted by atomic mass is 16.3. The van der Waals surface area contributed by atoms with Gasteiger partial charge in [-0.2, -0.15) is 5.26 Å². The number of phenolic OH excluding ortho intramolecular Hbond substituents is 1. The van der Waals surface area contributed by atoms with Gasteiger partial charge in [0.05, 0.1) is 17.3 Å². The largest absolute Gasteiger partial charge is 0.506 e. The van der Waals surface area contributed by atoms with Crippen LogP contribution >= 0.6 is 0 Å². The van der Waals surface area contributed by atoms with Crippen molar-refractivity contribution in [1.82, 2.24) is 4.98 Å². The number of benzene rings is 2. The van der Waals surface area contributed by atoms with Gasteiger partial charge in [0, 0.05) is 5.39 Å². The van der Waals surface area contributed by atoms with E-state index in [9.17, 15) is 5.11 Å². The molecule has 1 N–H and O–H groups in total. The molecule has 3 heteroatoms. The summed E-state index contributed by atoms with van der Waals surface area (Å²) in [5, 5.41) is 19.5. The highest BCUT2D eigenvalue weighted by Gasteiger charge is 2.00. The van der Waals surface area contributed by atoms with Gasteiger partial charge in [0.2, 0.25) is 0 Å². The smallest absolute Gasteiger partial charge is 0.141 e. The molecule has 0 unspecified atom stereocenters. The van der Waals surface area contributed by atoms with E-state index in [1.807, 2.05) is 42.5 Å². The van der Waals surface area contributed by atoms with Gasteiger partial charge in [0.25, 0.3) is 0 Å². The first-order valence-electron chi connectivity index (χ1n) is 6.53. The molecule has 0 amide bonds. The molecule has 1 aromatic heterocycles. The van der Waals surface area contributed by atoms with Crippen molar-refractivity contribution in [3.63, 3.8) is 0 Å². The van der Waals surface area contributed by atoms with Gasteiger partial charge >= 0.3 is 0 Å². The first-order chi connectivity index (χ1) is 10.3. The van der Waals surface area contributed by atoms with E-state index in [0.29, 0.717) is 11.1 Å². The van der Waals surface area contributed by atoms with Crippen molar-refractivity contribution in [2.24, 2.45) is 0 Å². The van der Waals surface area contributed by atoms with Gasteiger partial charge in [-0.3, -0.25) is 0 Å². The Morgan fingerprint density at radius 3 is 2.52 bits per heavy atom. The number of hydrogen-bond donors (Lipinski definition) is 1.